The van der Waals surface area contributed by atoms with Crippen molar-refractivity contribution in [3.05, 3.63) is 120 Å². The van der Waals surface area contributed by atoms with Crippen molar-refractivity contribution in [2.45, 2.75) is 15.2 Å². The number of benzene rings is 2. The maximum Gasteiger partial charge on any atom is 0.0725 e. The molecule has 0 unspecified atom stereocenters. The van der Waals surface area contributed by atoms with Gasteiger partial charge in [-0.05, 0) is 58.7 Å². The molecule has 3 heteroatoms. The molecule has 0 fully saturated rings. The zero-order valence-corrected chi connectivity index (χ0v) is 14.9. The fourth-order valence-electron chi connectivity index (χ4n) is 3.99. The Morgan fingerprint density at radius 3 is 1.42 bits per heavy atom. The predicted octanol–water partition coefficient (Wildman–Crippen LogP) is 5.32. The van der Waals surface area contributed by atoms with Crippen molar-refractivity contribution in [1.29, 1.82) is 0 Å². The molecular weight excluding hydrogens is 336 g/mol. The topological polar surface area (TPSA) is 25.8 Å². The van der Waals surface area contributed by atoms with Gasteiger partial charge in [0.2, 0.25) is 0 Å². The van der Waals surface area contributed by atoms with Gasteiger partial charge >= 0.3 is 0 Å². The average Bonchev–Trinajstić information content (AvgIpc) is 2.73. The highest BCUT2D eigenvalue weighted by Gasteiger charge is 2.43. The second kappa shape index (κ2) is 6.11. The zero-order valence-electron chi connectivity index (χ0n) is 14.0. The molecule has 3 heterocycles. The van der Waals surface area contributed by atoms with E-state index in [9.17, 15) is 0 Å². The monoisotopic (exact) mass is 352 g/mol. The third kappa shape index (κ3) is 2.14. The first-order valence-corrected chi connectivity index (χ1v) is 9.40. The summed E-state index contributed by atoms with van der Waals surface area (Å²) >= 11 is 1.84. The van der Waals surface area contributed by atoms with Gasteiger partial charge in [0.05, 0.1) is 5.41 Å². The van der Waals surface area contributed by atoms with E-state index in [4.69, 9.17) is 0 Å². The zero-order chi connectivity index (χ0) is 17.4. The van der Waals surface area contributed by atoms with E-state index in [-0.39, 0.29) is 5.41 Å². The van der Waals surface area contributed by atoms with Crippen molar-refractivity contribution in [2.75, 3.05) is 0 Å². The van der Waals surface area contributed by atoms with Crippen molar-refractivity contribution in [3.8, 4) is 0 Å². The van der Waals surface area contributed by atoms with Crippen LogP contribution in [0.3, 0.4) is 0 Å². The molecule has 0 radical (unpaired) electrons. The number of nitrogens with zero attached hydrogens (tertiary/aromatic N) is 2. The van der Waals surface area contributed by atoms with Crippen LogP contribution in [0, 0.1) is 0 Å². The Balaban J connectivity index is 1.97. The van der Waals surface area contributed by atoms with Crippen LogP contribution >= 0.6 is 11.8 Å². The highest BCUT2D eigenvalue weighted by atomic mass is 32.2. The van der Waals surface area contributed by atoms with Crippen LogP contribution in [-0.4, -0.2) is 9.97 Å². The van der Waals surface area contributed by atoms with Crippen LogP contribution in [0.5, 0.6) is 0 Å². The first-order chi connectivity index (χ1) is 12.9. The van der Waals surface area contributed by atoms with E-state index in [0.29, 0.717) is 0 Å². The number of fused-ring (bicyclic) bond motifs is 2. The number of hydrogen-bond acceptors (Lipinski definition) is 3. The summed E-state index contributed by atoms with van der Waals surface area (Å²) in [6.45, 7) is 0. The van der Waals surface area contributed by atoms with Crippen LogP contribution in [0.25, 0.3) is 0 Å². The van der Waals surface area contributed by atoms with E-state index in [0.717, 1.165) is 0 Å². The average molecular weight is 352 g/mol. The van der Waals surface area contributed by atoms with Crippen molar-refractivity contribution in [3.63, 3.8) is 0 Å². The van der Waals surface area contributed by atoms with Gasteiger partial charge in [0, 0.05) is 34.6 Å². The minimum atomic E-state index is -0.371. The smallest absolute Gasteiger partial charge is 0.0725 e. The Morgan fingerprint density at radius 1 is 0.538 bits per heavy atom. The molecule has 0 aliphatic carbocycles. The number of hydrogen-bond donors (Lipinski definition) is 0. The van der Waals surface area contributed by atoms with Gasteiger partial charge in [0.15, 0.2) is 0 Å². The molecule has 2 nitrogen and oxygen atoms in total. The van der Waals surface area contributed by atoms with Crippen LogP contribution in [0.1, 0.15) is 22.3 Å². The molecule has 1 aliphatic rings. The van der Waals surface area contributed by atoms with Crippen molar-refractivity contribution < 1.29 is 0 Å². The molecule has 2 aromatic heterocycles. The molecular formula is C23H16N2S. The summed E-state index contributed by atoms with van der Waals surface area (Å²) in [5.41, 5.74) is 4.68. The molecule has 0 N–H and O–H groups in total. The summed E-state index contributed by atoms with van der Waals surface area (Å²) in [6, 6.07) is 25.9. The molecule has 0 atom stereocenters. The summed E-state index contributed by atoms with van der Waals surface area (Å²) in [7, 11) is 0. The molecule has 0 amide bonds. The molecule has 26 heavy (non-hydrogen) atoms. The van der Waals surface area contributed by atoms with Gasteiger partial charge in [-0.2, -0.15) is 0 Å². The minimum Gasteiger partial charge on any atom is -0.265 e. The Bertz CT molecular complexity index is 975. The van der Waals surface area contributed by atoms with Crippen LogP contribution in [0.2, 0.25) is 0 Å². The lowest BCUT2D eigenvalue weighted by atomic mass is 9.65. The van der Waals surface area contributed by atoms with E-state index < -0.39 is 0 Å². The summed E-state index contributed by atoms with van der Waals surface area (Å²) in [6.07, 6.45) is 7.52. The molecule has 2 aromatic carbocycles. The Morgan fingerprint density at radius 2 is 0.962 bits per heavy atom. The highest BCUT2D eigenvalue weighted by molar-refractivity contribution is 7.99. The number of aromatic nitrogens is 2. The van der Waals surface area contributed by atoms with E-state index in [1.54, 1.807) is 0 Å². The maximum absolute atomic E-state index is 4.26. The first kappa shape index (κ1) is 15.4. The minimum absolute atomic E-state index is 0.371. The quantitative estimate of drug-likeness (QED) is 0.430. The molecule has 0 bridgehead atoms. The lowest BCUT2D eigenvalue weighted by Gasteiger charge is -2.41. The normalized spacial score (nSPS) is 14.3. The van der Waals surface area contributed by atoms with Gasteiger partial charge in [-0.15, -0.1) is 0 Å². The molecule has 0 saturated heterocycles. The van der Waals surface area contributed by atoms with Crippen LogP contribution in [0.15, 0.2) is 107 Å². The molecule has 5 rings (SSSR count). The van der Waals surface area contributed by atoms with Crippen molar-refractivity contribution in [2.24, 2.45) is 0 Å². The maximum atomic E-state index is 4.26. The van der Waals surface area contributed by atoms with E-state index in [1.807, 2.05) is 36.5 Å². The summed E-state index contributed by atoms with van der Waals surface area (Å²) in [5, 5.41) is 0. The SMILES string of the molecule is c1ccc2c(c1)Sc1ccccc1C2(c1ccncc1)c1ccncc1. The fourth-order valence-corrected chi connectivity index (χ4v) is 5.18. The molecule has 0 spiro atoms. The molecule has 0 saturated carbocycles. The third-order valence-corrected chi connectivity index (χ3v) is 6.18. The van der Waals surface area contributed by atoms with Gasteiger partial charge in [-0.1, -0.05) is 48.2 Å². The largest absolute Gasteiger partial charge is 0.265 e. The second-order valence-electron chi connectivity index (χ2n) is 6.32. The summed E-state index contributed by atoms with van der Waals surface area (Å²) in [4.78, 5) is 11.1. The number of rotatable bonds is 2. The van der Waals surface area contributed by atoms with Crippen LogP contribution < -0.4 is 0 Å². The first-order valence-electron chi connectivity index (χ1n) is 8.58. The van der Waals surface area contributed by atoms with Gasteiger partial charge in [0.1, 0.15) is 0 Å². The van der Waals surface area contributed by atoms with Crippen LogP contribution in [0.4, 0.5) is 0 Å². The lowest BCUT2D eigenvalue weighted by molar-refractivity contribution is 0.700. The van der Waals surface area contributed by atoms with Crippen molar-refractivity contribution >= 4 is 11.8 Å². The van der Waals surface area contributed by atoms with Crippen LogP contribution in [-0.2, 0) is 5.41 Å². The Kier molecular flexibility index (Phi) is 3.61. The standard InChI is InChI=1S/C23H16N2S/c1-3-7-21-19(5-1)23(17-9-13-24-14-10-17,18-11-15-25-16-12-18)20-6-2-4-8-22(20)26-21/h1-16H. The highest BCUT2D eigenvalue weighted by Crippen LogP contribution is 2.55. The van der Waals surface area contributed by atoms with Gasteiger partial charge in [-0.3, -0.25) is 9.97 Å². The molecule has 124 valence electrons. The van der Waals surface area contributed by atoms with Crippen molar-refractivity contribution in [1.82, 2.24) is 9.97 Å². The van der Waals surface area contributed by atoms with E-state index >= 15 is 0 Å². The lowest BCUT2D eigenvalue weighted by Crippen LogP contribution is -2.34. The third-order valence-electron chi connectivity index (χ3n) is 5.03. The van der Waals surface area contributed by atoms with Gasteiger partial charge < -0.3 is 0 Å². The Hall–Kier alpha value is -2.91. The number of pyridine rings is 2. The van der Waals surface area contributed by atoms with Gasteiger partial charge in [0.25, 0.3) is 0 Å². The molecule has 1 aliphatic heterocycles. The fraction of sp³-hybridized carbons (Fsp3) is 0.0435. The Labute approximate surface area is 157 Å². The predicted molar refractivity (Wildman–Crippen MR) is 104 cm³/mol. The van der Waals surface area contributed by atoms with E-state index in [2.05, 4.69) is 82.8 Å². The molecule has 4 aromatic rings. The summed E-state index contributed by atoms with van der Waals surface area (Å²) in [5.74, 6) is 0. The summed E-state index contributed by atoms with van der Waals surface area (Å²) < 4.78 is 0. The van der Waals surface area contributed by atoms with E-state index in [1.165, 1.54) is 32.0 Å². The second-order valence-corrected chi connectivity index (χ2v) is 7.40. The van der Waals surface area contributed by atoms with Gasteiger partial charge in [-0.25, -0.2) is 0 Å².